The molecule has 200 valence electrons. The van der Waals surface area contributed by atoms with Gasteiger partial charge in [-0.05, 0) is 104 Å². The zero-order chi connectivity index (χ0) is 26.4. The van der Waals surface area contributed by atoms with Gasteiger partial charge in [-0.15, -0.1) is 0 Å². The molecule has 2 aliphatic carbocycles. The Labute approximate surface area is 223 Å². The number of hydrogen-bond donors (Lipinski definition) is 3. The summed E-state index contributed by atoms with van der Waals surface area (Å²) in [6.45, 7) is 6.47. The third kappa shape index (κ3) is 7.91. The number of hydrogen-bond acceptors (Lipinski definition) is 3. The third-order valence-electron chi connectivity index (χ3n) is 8.40. The molecule has 2 fully saturated rings. The monoisotopic (exact) mass is 503 g/mol. The van der Waals surface area contributed by atoms with Crippen LogP contribution in [0, 0.1) is 11.8 Å². The van der Waals surface area contributed by atoms with Crippen LogP contribution < -0.4 is 16.4 Å². The SMILES string of the molecule is CC(C)(C)c1ccc(C(=O)Nc2ccccc2CC(=O)NC2CCC(CC3CCC(N)CC3)CC2)cc1. The first-order valence-electron chi connectivity index (χ1n) is 14.2. The van der Waals surface area contributed by atoms with Gasteiger partial charge in [0.15, 0.2) is 0 Å². The van der Waals surface area contributed by atoms with E-state index in [0.29, 0.717) is 17.3 Å². The van der Waals surface area contributed by atoms with E-state index in [1.807, 2.05) is 48.5 Å². The van der Waals surface area contributed by atoms with Crippen molar-refractivity contribution in [2.24, 2.45) is 17.6 Å². The Morgan fingerprint density at radius 2 is 1.43 bits per heavy atom. The second-order valence-corrected chi connectivity index (χ2v) is 12.4. The standard InChI is InChI=1S/C32H45N3O2/c1-32(2,3)26-14-12-24(13-15-26)31(37)35-29-7-5-4-6-25(29)21-30(36)34-28-18-10-23(11-19-28)20-22-8-16-27(33)17-9-22/h4-7,12-15,22-23,27-28H,8-11,16-21,33H2,1-3H3,(H,34,36)(H,35,37). The molecule has 2 saturated carbocycles. The smallest absolute Gasteiger partial charge is 0.255 e. The average molecular weight is 504 g/mol. The Morgan fingerprint density at radius 1 is 0.838 bits per heavy atom. The number of nitrogens with two attached hydrogens (primary N) is 1. The van der Waals surface area contributed by atoms with Gasteiger partial charge in [0.05, 0.1) is 6.42 Å². The van der Waals surface area contributed by atoms with Gasteiger partial charge in [-0.3, -0.25) is 9.59 Å². The Kier molecular flexibility index (Phi) is 9.07. The minimum Gasteiger partial charge on any atom is -0.353 e. The maximum Gasteiger partial charge on any atom is 0.255 e. The predicted molar refractivity (Wildman–Crippen MR) is 152 cm³/mol. The summed E-state index contributed by atoms with van der Waals surface area (Å²) in [6.07, 6.45) is 11.1. The van der Waals surface area contributed by atoms with Gasteiger partial charge in [0.25, 0.3) is 5.91 Å². The molecule has 0 aliphatic heterocycles. The van der Waals surface area contributed by atoms with Gasteiger partial charge in [-0.25, -0.2) is 0 Å². The lowest BCUT2D eigenvalue weighted by molar-refractivity contribution is -0.121. The lowest BCUT2D eigenvalue weighted by atomic mass is 9.76. The lowest BCUT2D eigenvalue weighted by Crippen LogP contribution is -2.39. The molecule has 0 aromatic heterocycles. The zero-order valence-corrected chi connectivity index (χ0v) is 22.9. The average Bonchev–Trinajstić information content (AvgIpc) is 2.87. The number of nitrogens with one attached hydrogen (secondary N) is 2. The quantitative estimate of drug-likeness (QED) is 0.411. The van der Waals surface area contributed by atoms with E-state index in [4.69, 9.17) is 5.73 Å². The summed E-state index contributed by atoms with van der Waals surface area (Å²) < 4.78 is 0. The fourth-order valence-corrected chi connectivity index (χ4v) is 6.00. The Bertz CT molecular complexity index is 1040. The van der Waals surface area contributed by atoms with Crippen molar-refractivity contribution in [1.82, 2.24) is 5.32 Å². The van der Waals surface area contributed by atoms with Crippen LogP contribution in [0.25, 0.3) is 0 Å². The molecular formula is C32H45N3O2. The van der Waals surface area contributed by atoms with E-state index < -0.39 is 0 Å². The van der Waals surface area contributed by atoms with Crippen molar-refractivity contribution in [3.63, 3.8) is 0 Å². The first kappa shape index (κ1) is 27.4. The number of benzene rings is 2. The van der Waals surface area contributed by atoms with Gasteiger partial charge in [0, 0.05) is 23.3 Å². The summed E-state index contributed by atoms with van der Waals surface area (Å²) in [5.74, 6) is 1.51. The number of carbonyl (C=O) groups is 2. The van der Waals surface area contributed by atoms with E-state index in [1.165, 1.54) is 50.5 Å². The Morgan fingerprint density at radius 3 is 2.05 bits per heavy atom. The van der Waals surface area contributed by atoms with Gasteiger partial charge >= 0.3 is 0 Å². The van der Waals surface area contributed by atoms with Crippen LogP contribution in [0.4, 0.5) is 5.69 Å². The molecule has 5 heteroatoms. The van der Waals surface area contributed by atoms with Crippen molar-refractivity contribution in [1.29, 1.82) is 0 Å². The minimum absolute atomic E-state index is 0.0287. The van der Waals surface area contributed by atoms with Crippen LogP contribution >= 0.6 is 0 Å². The second-order valence-electron chi connectivity index (χ2n) is 12.4. The van der Waals surface area contributed by atoms with E-state index in [9.17, 15) is 9.59 Å². The third-order valence-corrected chi connectivity index (χ3v) is 8.40. The Hall–Kier alpha value is -2.66. The zero-order valence-electron chi connectivity index (χ0n) is 22.9. The number of amides is 2. The summed E-state index contributed by atoms with van der Waals surface area (Å²) in [5, 5.41) is 6.28. The number of carbonyl (C=O) groups excluding carboxylic acids is 2. The predicted octanol–water partition coefficient (Wildman–Crippen LogP) is 6.36. The molecule has 0 heterocycles. The van der Waals surface area contributed by atoms with Crippen molar-refractivity contribution < 1.29 is 9.59 Å². The molecule has 0 atom stereocenters. The number of rotatable bonds is 7. The van der Waals surface area contributed by atoms with E-state index >= 15 is 0 Å². The summed E-state index contributed by atoms with van der Waals surface area (Å²) in [4.78, 5) is 25.8. The fraction of sp³-hybridized carbons (Fsp3) is 0.562. The highest BCUT2D eigenvalue weighted by molar-refractivity contribution is 6.05. The summed E-state index contributed by atoms with van der Waals surface area (Å²) in [7, 11) is 0. The van der Waals surface area contributed by atoms with E-state index in [-0.39, 0.29) is 29.7 Å². The topological polar surface area (TPSA) is 84.2 Å². The summed E-state index contributed by atoms with van der Waals surface area (Å²) in [6, 6.07) is 16.0. The van der Waals surface area contributed by atoms with Crippen LogP contribution in [0.1, 0.15) is 100 Å². The van der Waals surface area contributed by atoms with Crippen molar-refractivity contribution in [3.05, 3.63) is 65.2 Å². The van der Waals surface area contributed by atoms with Gasteiger partial charge in [0.2, 0.25) is 5.91 Å². The van der Waals surface area contributed by atoms with Crippen LogP contribution in [-0.2, 0) is 16.6 Å². The molecule has 0 radical (unpaired) electrons. The van der Waals surface area contributed by atoms with Gasteiger partial charge < -0.3 is 16.4 Å². The first-order chi connectivity index (χ1) is 17.7. The molecule has 2 aromatic rings. The molecule has 0 saturated heterocycles. The molecule has 0 unspecified atom stereocenters. The maximum atomic E-state index is 12.9. The second kappa shape index (κ2) is 12.3. The van der Waals surface area contributed by atoms with E-state index in [2.05, 4.69) is 31.4 Å². The van der Waals surface area contributed by atoms with E-state index in [1.54, 1.807) is 0 Å². The molecule has 0 bridgehead atoms. The fourth-order valence-electron chi connectivity index (χ4n) is 6.00. The summed E-state index contributed by atoms with van der Waals surface area (Å²) in [5.41, 5.74) is 9.44. The van der Waals surface area contributed by atoms with E-state index in [0.717, 1.165) is 30.2 Å². The summed E-state index contributed by atoms with van der Waals surface area (Å²) >= 11 is 0. The van der Waals surface area contributed by atoms with Gasteiger partial charge in [0.1, 0.15) is 0 Å². The van der Waals surface area contributed by atoms with Crippen LogP contribution in [-0.4, -0.2) is 23.9 Å². The highest BCUT2D eigenvalue weighted by Crippen LogP contribution is 2.35. The normalized spacial score (nSPS) is 24.3. The lowest BCUT2D eigenvalue weighted by Gasteiger charge is -2.33. The molecule has 4 N–H and O–H groups in total. The maximum absolute atomic E-state index is 12.9. The number of anilines is 1. The van der Waals surface area contributed by atoms with Crippen molar-refractivity contribution in [2.45, 2.75) is 102 Å². The highest BCUT2D eigenvalue weighted by Gasteiger charge is 2.27. The van der Waals surface area contributed by atoms with Crippen molar-refractivity contribution in [2.75, 3.05) is 5.32 Å². The molecule has 4 rings (SSSR count). The minimum atomic E-state index is -0.161. The van der Waals surface area contributed by atoms with Gasteiger partial charge in [-0.2, -0.15) is 0 Å². The molecule has 2 aliphatic rings. The van der Waals surface area contributed by atoms with Gasteiger partial charge in [-0.1, -0.05) is 51.1 Å². The van der Waals surface area contributed by atoms with Crippen LogP contribution in [0.5, 0.6) is 0 Å². The number of para-hydroxylation sites is 1. The molecular weight excluding hydrogens is 458 g/mol. The largest absolute Gasteiger partial charge is 0.353 e. The van der Waals surface area contributed by atoms with Crippen molar-refractivity contribution >= 4 is 17.5 Å². The molecule has 0 spiro atoms. The first-order valence-corrected chi connectivity index (χ1v) is 14.2. The van der Waals surface area contributed by atoms with Crippen LogP contribution in [0.3, 0.4) is 0 Å². The molecule has 5 nitrogen and oxygen atoms in total. The molecule has 2 aromatic carbocycles. The van der Waals surface area contributed by atoms with Crippen molar-refractivity contribution in [3.8, 4) is 0 Å². The van der Waals surface area contributed by atoms with Crippen LogP contribution in [0.2, 0.25) is 0 Å². The molecule has 2 amide bonds. The van der Waals surface area contributed by atoms with Crippen LogP contribution in [0.15, 0.2) is 48.5 Å². The highest BCUT2D eigenvalue weighted by atomic mass is 16.2. The Balaban J connectivity index is 1.26. The molecule has 37 heavy (non-hydrogen) atoms.